The molecule has 0 aliphatic carbocycles. The summed E-state index contributed by atoms with van der Waals surface area (Å²) >= 11 is 12.3. The molecule has 1 aliphatic heterocycles. The highest BCUT2D eigenvalue weighted by molar-refractivity contribution is 6.32. The first-order chi connectivity index (χ1) is 11.5. The highest BCUT2D eigenvalue weighted by Gasteiger charge is 2.20. The summed E-state index contributed by atoms with van der Waals surface area (Å²) in [5, 5.41) is 0.981. The number of pyridine rings is 1. The molecule has 0 saturated carbocycles. The maximum Gasteiger partial charge on any atom is 0.255 e. The molecule has 0 radical (unpaired) electrons. The predicted octanol–water partition coefficient (Wildman–Crippen LogP) is 5.12. The summed E-state index contributed by atoms with van der Waals surface area (Å²) in [5.74, 6) is 0.841. The van der Waals surface area contributed by atoms with Gasteiger partial charge in [0, 0.05) is 24.3 Å². The largest absolute Gasteiger partial charge is 0.438 e. The second-order valence-electron chi connectivity index (χ2n) is 5.88. The summed E-state index contributed by atoms with van der Waals surface area (Å²) in [4.78, 5) is 18.5. The van der Waals surface area contributed by atoms with Gasteiger partial charge in [0.1, 0.15) is 10.8 Å². The van der Waals surface area contributed by atoms with Crippen LogP contribution in [-0.4, -0.2) is 28.9 Å². The molecule has 1 aromatic heterocycles. The molecule has 4 nitrogen and oxygen atoms in total. The van der Waals surface area contributed by atoms with Crippen molar-refractivity contribution in [2.24, 2.45) is 0 Å². The molecule has 2 heterocycles. The summed E-state index contributed by atoms with van der Waals surface area (Å²) in [6, 6.07) is 6.94. The average Bonchev–Trinajstić information content (AvgIpc) is 2.60. The van der Waals surface area contributed by atoms with Crippen molar-refractivity contribution >= 4 is 29.1 Å². The van der Waals surface area contributed by atoms with Crippen LogP contribution in [0.4, 0.5) is 0 Å². The molecule has 1 amide bonds. The van der Waals surface area contributed by atoms with Gasteiger partial charge in [0.15, 0.2) is 0 Å². The number of carbonyl (C=O) groups excluding carboxylic acids is 1. The van der Waals surface area contributed by atoms with Crippen molar-refractivity contribution in [3.63, 3.8) is 0 Å². The SMILES string of the molecule is Cc1cc(Oc2ncc(C(=O)N3CCCCC3)cc2Cl)ccc1Cl. The average molecular weight is 365 g/mol. The van der Waals surface area contributed by atoms with Gasteiger partial charge in [0.2, 0.25) is 5.88 Å². The number of benzene rings is 1. The van der Waals surface area contributed by atoms with Gasteiger partial charge in [-0.3, -0.25) is 4.79 Å². The lowest BCUT2D eigenvalue weighted by atomic mass is 10.1. The number of nitrogens with zero attached hydrogens (tertiary/aromatic N) is 2. The number of amides is 1. The van der Waals surface area contributed by atoms with E-state index in [1.54, 1.807) is 18.2 Å². The number of hydrogen-bond donors (Lipinski definition) is 0. The third kappa shape index (κ3) is 3.82. The van der Waals surface area contributed by atoms with Gasteiger partial charge in [-0.25, -0.2) is 4.98 Å². The number of aryl methyl sites for hydroxylation is 1. The molecule has 0 N–H and O–H groups in total. The standard InChI is InChI=1S/C18H18Cl2N2O2/c1-12-9-14(5-6-15(12)19)24-17-16(20)10-13(11-21-17)18(23)22-7-3-2-4-8-22/h5-6,9-11H,2-4,7-8H2,1H3. The van der Waals surface area contributed by atoms with Gasteiger partial charge in [-0.2, -0.15) is 0 Å². The van der Waals surface area contributed by atoms with Crippen molar-refractivity contribution in [3.05, 3.63) is 51.6 Å². The van der Waals surface area contributed by atoms with E-state index in [9.17, 15) is 4.79 Å². The summed E-state index contributed by atoms with van der Waals surface area (Å²) in [7, 11) is 0. The molecule has 0 bridgehead atoms. The molecular formula is C18H18Cl2N2O2. The van der Waals surface area contributed by atoms with Crippen molar-refractivity contribution in [2.45, 2.75) is 26.2 Å². The van der Waals surface area contributed by atoms with Crippen molar-refractivity contribution in [2.75, 3.05) is 13.1 Å². The minimum atomic E-state index is -0.0296. The van der Waals surface area contributed by atoms with E-state index < -0.39 is 0 Å². The molecule has 0 unspecified atom stereocenters. The first-order valence-electron chi connectivity index (χ1n) is 7.93. The second-order valence-corrected chi connectivity index (χ2v) is 6.69. The van der Waals surface area contributed by atoms with E-state index in [2.05, 4.69) is 4.98 Å². The fourth-order valence-corrected chi connectivity index (χ4v) is 3.01. The van der Waals surface area contributed by atoms with Gasteiger partial charge in [-0.15, -0.1) is 0 Å². The lowest BCUT2D eigenvalue weighted by molar-refractivity contribution is 0.0724. The fourth-order valence-electron chi connectivity index (χ4n) is 2.69. The van der Waals surface area contributed by atoms with Crippen molar-refractivity contribution in [1.82, 2.24) is 9.88 Å². The molecule has 0 atom stereocenters. The first kappa shape index (κ1) is 17.1. The van der Waals surface area contributed by atoms with Gasteiger partial charge < -0.3 is 9.64 Å². The van der Waals surface area contributed by atoms with Crippen LogP contribution >= 0.6 is 23.2 Å². The molecule has 1 aromatic carbocycles. The summed E-state index contributed by atoms with van der Waals surface area (Å²) in [6.45, 7) is 3.47. The van der Waals surface area contributed by atoms with Crippen LogP contribution in [-0.2, 0) is 0 Å². The van der Waals surface area contributed by atoms with Gasteiger partial charge in [0.05, 0.1) is 5.56 Å². The van der Waals surface area contributed by atoms with E-state index >= 15 is 0 Å². The van der Waals surface area contributed by atoms with Crippen LogP contribution in [0.15, 0.2) is 30.5 Å². The summed E-state index contributed by atoms with van der Waals surface area (Å²) in [6.07, 6.45) is 4.78. The van der Waals surface area contributed by atoms with Gasteiger partial charge in [0.25, 0.3) is 5.91 Å². The lowest BCUT2D eigenvalue weighted by Gasteiger charge is -2.26. The molecule has 6 heteroatoms. The van der Waals surface area contributed by atoms with Crippen LogP contribution in [0.3, 0.4) is 0 Å². The Morgan fingerprint density at radius 2 is 1.88 bits per heavy atom. The Kier molecular flexibility index (Phi) is 5.27. The predicted molar refractivity (Wildman–Crippen MR) is 95.3 cm³/mol. The smallest absolute Gasteiger partial charge is 0.255 e. The number of likely N-dealkylation sites (tertiary alicyclic amines) is 1. The van der Waals surface area contributed by atoms with Gasteiger partial charge in [-0.1, -0.05) is 23.2 Å². The Balaban J connectivity index is 1.76. The second kappa shape index (κ2) is 7.41. The Labute approximate surface area is 151 Å². The highest BCUT2D eigenvalue weighted by Crippen LogP contribution is 2.30. The van der Waals surface area contributed by atoms with E-state index in [1.165, 1.54) is 12.6 Å². The number of halogens is 2. The molecule has 24 heavy (non-hydrogen) atoms. The maximum atomic E-state index is 12.5. The van der Waals surface area contributed by atoms with E-state index in [4.69, 9.17) is 27.9 Å². The van der Waals surface area contributed by atoms with Crippen LogP contribution in [0.2, 0.25) is 10.0 Å². The molecule has 1 fully saturated rings. The molecule has 126 valence electrons. The van der Waals surface area contributed by atoms with Crippen LogP contribution in [0.25, 0.3) is 0 Å². The normalized spacial score (nSPS) is 14.5. The van der Waals surface area contributed by atoms with Gasteiger partial charge in [-0.05, 0) is 56.0 Å². The molecule has 1 saturated heterocycles. The van der Waals surface area contributed by atoms with Crippen molar-refractivity contribution in [3.8, 4) is 11.6 Å². The number of hydrogen-bond acceptors (Lipinski definition) is 3. The molecule has 2 aromatic rings. The lowest BCUT2D eigenvalue weighted by Crippen LogP contribution is -2.35. The number of piperidine rings is 1. The molecule has 1 aliphatic rings. The first-order valence-corrected chi connectivity index (χ1v) is 8.69. The van der Waals surface area contributed by atoms with E-state index in [-0.39, 0.29) is 11.8 Å². The number of carbonyl (C=O) groups is 1. The van der Waals surface area contributed by atoms with E-state index in [0.29, 0.717) is 21.4 Å². The Morgan fingerprint density at radius 1 is 1.12 bits per heavy atom. The quantitative estimate of drug-likeness (QED) is 0.759. The number of aromatic nitrogens is 1. The number of rotatable bonds is 3. The molecule has 3 rings (SSSR count). The van der Waals surface area contributed by atoms with Crippen molar-refractivity contribution in [1.29, 1.82) is 0 Å². The van der Waals surface area contributed by atoms with Gasteiger partial charge >= 0.3 is 0 Å². The zero-order valence-electron chi connectivity index (χ0n) is 13.4. The Hall–Kier alpha value is -1.78. The third-order valence-electron chi connectivity index (χ3n) is 4.04. The molecule has 0 spiro atoms. The molecular weight excluding hydrogens is 347 g/mol. The van der Waals surface area contributed by atoms with Crippen LogP contribution in [0, 0.1) is 6.92 Å². The van der Waals surface area contributed by atoms with E-state index in [1.807, 2.05) is 17.9 Å². The number of ether oxygens (including phenoxy) is 1. The summed E-state index contributed by atoms with van der Waals surface area (Å²) < 4.78 is 5.70. The third-order valence-corrected chi connectivity index (χ3v) is 4.74. The van der Waals surface area contributed by atoms with Crippen LogP contribution in [0.1, 0.15) is 35.2 Å². The Morgan fingerprint density at radius 3 is 2.54 bits per heavy atom. The maximum absolute atomic E-state index is 12.5. The minimum Gasteiger partial charge on any atom is -0.438 e. The van der Waals surface area contributed by atoms with Crippen LogP contribution in [0.5, 0.6) is 11.6 Å². The van der Waals surface area contributed by atoms with E-state index in [0.717, 1.165) is 31.5 Å². The van der Waals surface area contributed by atoms with Crippen molar-refractivity contribution < 1.29 is 9.53 Å². The monoisotopic (exact) mass is 364 g/mol. The topological polar surface area (TPSA) is 42.4 Å². The minimum absolute atomic E-state index is 0.0296. The zero-order valence-corrected chi connectivity index (χ0v) is 14.9. The fraction of sp³-hybridized carbons (Fsp3) is 0.333. The Bertz CT molecular complexity index is 759. The van der Waals surface area contributed by atoms with Crippen LogP contribution < -0.4 is 4.74 Å². The summed E-state index contributed by atoms with van der Waals surface area (Å²) in [5.41, 5.74) is 1.39. The zero-order chi connectivity index (χ0) is 17.1. The highest BCUT2D eigenvalue weighted by atomic mass is 35.5.